The van der Waals surface area contributed by atoms with E-state index in [0.717, 1.165) is 29.7 Å². The molecule has 1 aliphatic heterocycles. The minimum atomic E-state index is -0.336. The minimum Gasteiger partial charge on any atom is -0.481 e. The smallest absolute Gasteiger partial charge is 0.252 e. The highest BCUT2D eigenvalue weighted by Crippen LogP contribution is 2.20. The zero-order chi connectivity index (χ0) is 18.9. The van der Waals surface area contributed by atoms with Crippen molar-refractivity contribution < 1.29 is 14.3 Å². The number of rotatable bonds is 7. The molecule has 0 aliphatic carbocycles. The molecule has 1 unspecified atom stereocenters. The van der Waals surface area contributed by atoms with Crippen LogP contribution >= 0.6 is 0 Å². The van der Waals surface area contributed by atoms with Crippen LogP contribution in [0.5, 0.6) is 5.75 Å². The molecule has 2 heterocycles. The number of ether oxygens (including phenoxy) is 2. The van der Waals surface area contributed by atoms with Crippen molar-refractivity contribution in [3.05, 3.63) is 59.9 Å². The van der Waals surface area contributed by atoms with E-state index in [4.69, 9.17) is 9.47 Å². The van der Waals surface area contributed by atoms with Crippen LogP contribution in [0.1, 0.15) is 30.9 Å². The SMILES string of the molecule is CC#CCOc1ccc(CN(Cc2cccnc2)C(=O)C2CCCO2)cc1. The van der Waals surface area contributed by atoms with Gasteiger partial charge in [0.25, 0.3) is 5.91 Å². The van der Waals surface area contributed by atoms with Gasteiger partial charge in [-0.25, -0.2) is 0 Å². The fourth-order valence-electron chi connectivity index (χ4n) is 3.00. The fourth-order valence-corrected chi connectivity index (χ4v) is 3.00. The second-order valence-electron chi connectivity index (χ2n) is 6.42. The first-order valence-electron chi connectivity index (χ1n) is 9.17. The number of amides is 1. The van der Waals surface area contributed by atoms with Gasteiger partial charge in [-0.15, -0.1) is 5.92 Å². The fraction of sp³-hybridized carbons (Fsp3) is 0.364. The third kappa shape index (κ3) is 5.57. The molecule has 5 nitrogen and oxygen atoms in total. The van der Waals surface area contributed by atoms with Crippen molar-refractivity contribution in [2.75, 3.05) is 13.2 Å². The van der Waals surface area contributed by atoms with E-state index >= 15 is 0 Å². The van der Waals surface area contributed by atoms with E-state index in [2.05, 4.69) is 16.8 Å². The average Bonchev–Trinajstić information content (AvgIpc) is 3.24. The summed E-state index contributed by atoms with van der Waals surface area (Å²) in [5.74, 6) is 6.48. The Labute approximate surface area is 160 Å². The van der Waals surface area contributed by atoms with Crippen molar-refractivity contribution in [3.63, 3.8) is 0 Å². The van der Waals surface area contributed by atoms with Crippen LogP contribution < -0.4 is 4.74 Å². The molecule has 27 heavy (non-hydrogen) atoms. The molecule has 1 atom stereocenters. The van der Waals surface area contributed by atoms with Gasteiger partial charge < -0.3 is 14.4 Å². The highest BCUT2D eigenvalue weighted by atomic mass is 16.5. The van der Waals surface area contributed by atoms with Crippen molar-refractivity contribution in [2.45, 2.75) is 39.0 Å². The summed E-state index contributed by atoms with van der Waals surface area (Å²) in [4.78, 5) is 18.9. The van der Waals surface area contributed by atoms with Crippen LogP contribution in [0.2, 0.25) is 0 Å². The molecule has 3 rings (SSSR count). The predicted molar refractivity (Wildman–Crippen MR) is 103 cm³/mol. The van der Waals surface area contributed by atoms with Gasteiger partial charge in [0.05, 0.1) is 0 Å². The Hall–Kier alpha value is -2.84. The van der Waals surface area contributed by atoms with Crippen molar-refractivity contribution in [2.24, 2.45) is 0 Å². The highest BCUT2D eigenvalue weighted by molar-refractivity contribution is 5.81. The van der Waals surface area contributed by atoms with Crippen LogP contribution in [-0.2, 0) is 22.6 Å². The number of carbonyl (C=O) groups is 1. The Bertz CT molecular complexity index is 788. The van der Waals surface area contributed by atoms with Crippen molar-refractivity contribution in [1.29, 1.82) is 0 Å². The first-order chi connectivity index (χ1) is 13.3. The molecular weight excluding hydrogens is 340 g/mol. The summed E-state index contributed by atoms with van der Waals surface area (Å²) in [7, 11) is 0. The molecule has 1 aromatic carbocycles. The quantitative estimate of drug-likeness (QED) is 0.708. The predicted octanol–water partition coefficient (Wildman–Crippen LogP) is 3.19. The van der Waals surface area contributed by atoms with E-state index in [9.17, 15) is 4.79 Å². The van der Waals surface area contributed by atoms with Gasteiger partial charge >= 0.3 is 0 Å². The number of benzene rings is 1. The number of pyridine rings is 1. The lowest BCUT2D eigenvalue weighted by molar-refractivity contribution is -0.142. The van der Waals surface area contributed by atoms with E-state index in [-0.39, 0.29) is 12.0 Å². The number of aromatic nitrogens is 1. The molecule has 0 spiro atoms. The summed E-state index contributed by atoms with van der Waals surface area (Å²) in [6.07, 6.45) is 4.91. The normalized spacial score (nSPS) is 15.7. The maximum Gasteiger partial charge on any atom is 0.252 e. The summed E-state index contributed by atoms with van der Waals surface area (Å²) in [5.41, 5.74) is 2.04. The van der Waals surface area contributed by atoms with Gasteiger partial charge in [-0.3, -0.25) is 9.78 Å². The minimum absolute atomic E-state index is 0.0369. The van der Waals surface area contributed by atoms with Crippen molar-refractivity contribution in [3.8, 4) is 17.6 Å². The lowest BCUT2D eigenvalue weighted by Crippen LogP contribution is -2.38. The van der Waals surface area contributed by atoms with Crippen LogP contribution in [-0.4, -0.2) is 35.1 Å². The zero-order valence-corrected chi connectivity index (χ0v) is 15.6. The molecule has 5 heteroatoms. The Morgan fingerprint density at radius 3 is 2.74 bits per heavy atom. The number of hydrogen-bond donors (Lipinski definition) is 0. The standard InChI is InChI=1S/C22H24N2O3/c1-2-3-13-26-20-10-8-18(9-11-20)16-24(17-19-6-4-12-23-15-19)22(25)21-7-5-14-27-21/h4,6,8-12,15,21H,5,7,13-14,16-17H2,1H3. The van der Waals surface area contributed by atoms with E-state index in [1.807, 2.05) is 41.3 Å². The Morgan fingerprint density at radius 1 is 1.26 bits per heavy atom. The monoisotopic (exact) mass is 364 g/mol. The van der Waals surface area contributed by atoms with Gasteiger partial charge in [-0.05, 0) is 49.1 Å². The van der Waals surface area contributed by atoms with Gasteiger partial charge in [0, 0.05) is 32.1 Å². The van der Waals surface area contributed by atoms with Crippen molar-refractivity contribution >= 4 is 5.91 Å². The largest absolute Gasteiger partial charge is 0.481 e. The molecule has 0 radical (unpaired) electrons. The first kappa shape index (κ1) is 18.9. The van der Waals surface area contributed by atoms with Gasteiger partial charge in [0.1, 0.15) is 18.5 Å². The second kappa shape index (κ2) is 9.75. The molecular formula is C22H24N2O3. The Morgan fingerprint density at radius 2 is 2.07 bits per heavy atom. The highest BCUT2D eigenvalue weighted by Gasteiger charge is 2.28. The van der Waals surface area contributed by atoms with E-state index in [1.165, 1.54) is 0 Å². The maximum atomic E-state index is 12.9. The molecule has 2 aromatic rings. The number of hydrogen-bond acceptors (Lipinski definition) is 4. The molecule has 0 bridgehead atoms. The Balaban J connectivity index is 1.69. The van der Waals surface area contributed by atoms with Crippen LogP contribution in [0.3, 0.4) is 0 Å². The third-order valence-corrected chi connectivity index (χ3v) is 4.40. The average molecular weight is 364 g/mol. The second-order valence-corrected chi connectivity index (χ2v) is 6.42. The third-order valence-electron chi connectivity index (χ3n) is 4.40. The molecule has 0 N–H and O–H groups in total. The molecule has 1 saturated heterocycles. The molecule has 0 saturated carbocycles. The maximum absolute atomic E-state index is 12.9. The topological polar surface area (TPSA) is 51.7 Å². The molecule has 1 aliphatic rings. The summed E-state index contributed by atoms with van der Waals surface area (Å²) < 4.78 is 11.2. The van der Waals surface area contributed by atoms with E-state index < -0.39 is 0 Å². The summed E-state index contributed by atoms with van der Waals surface area (Å²) in [5, 5.41) is 0. The van der Waals surface area contributed by atoms with E-state index in [1.54, 1.807) is 19.3 Å². The van der Waals surface area contributed by atoms with Gasteiger partial charge in [0.2, 0.25) is 0 Å². The molecule has 1 amide bonds. The van der Waals surface area contributed by atoms with Crippen LogP contribution in [0.25, 0.3) is 0 Å². The summed E-state index contributed by atoms with van der Waals surface area (Å²) >= 11 is 0. The van der Waals surface area contributed by atoms with Crippen LogP contribution in [0.4, 0.5) is 0 Å². The van der Waals surface area contributed by atoms with Gasteiger partial charge in [0.15, 0.2) is 0 Å². The van der Waals surface area contributed by atoms with Crippen LogP contribution in [0.15, 0.2) is 48.8 Å². The number of carbonyl (C=O) groups excluding carboxylic acids is 1. The lowest BCUT2D eigenvalue weighted by atomic mass is 10.1. The Kier molecular flexibility index (Phi) is 6.84. The van der Waals surface area contributed by atoms with Crippen LogP contribution in [0, 0.1) is 11.8 Å². The summed E-state index contributed by atoms with van der Waals surface area (Å²) in [6, 6.07) is 11.6. The molecule has 1 aromatic heterocycles. The first-order valence-corrected chi connectivity index (χ1v) is 9.17. The molecule has 1 fully saturated rings. The van der Waals surface area contributed by atoms with Crippen molar-refractivity contribution in [1.82, 2.24) is 9.88 Å². The number of nitrogens with zero attached hydrogens (tertiary/aromatic N) is 2. The van der Waals surface area contributed by atoms with E-state index in [0.29, 0.717) is 26.3 Å². The lowest BCUT2D eigenvalue weighted by Gasteiger charge is -2.25. The zero-order valence-electron chi connectivity index (χ0n) is 15.6. The molecule has 140 valence electrons. The van der Waals surface area contributed by atoms with Gasteiger partial charge in [-0.2, -0.15) is 0 Å². The summed E-state index contributed by atoms with van der Waals surface area (Å²) in [6.45, 7) is 3.85. The van der Waals surface area contributed by atoms with Gasteiger partial charge in [-0.1, -0.05) is 24.1 Å².